The van der Waals surface area contributed by atoms with Gasteiger partial charge >= 0.3 is 0 Å². The molecule has 32 heavy (non-hydrogen) atoms. The highest BCUT2D eigenvalue weighted by molar-refractivity contribution is 9.10. The first-order valence-electron chi connectivity index (χ1n) is 10.7. The standard InChI is InChI=1S/C17H16BrNO2.C9H10BrN/c1-21-14-6-2-11(3-7-14)17(20)19-16-9-4-12-10-13(18)5-8-15(12)16;10-7-2-3-8-6(5-7)1-4-9(8)11/h2-3,5-8,10,16H,4,9H2,1H3,(H,19,20);2-3,5,9H,1,4,11H2. The van der Waals surface area contributed by atoms with Gasteiger partial charge in [0.05, 0.1) is 13.2 Å². The lowest BCUT2D eigenvalue weighted by molar-refractivity contribution is 0.0936. The lowest BCUT2D eigenvalue weighted by Gasteiger charge is -2.14. The van der Waals surface area contributed by atoms with Crippen LogP contribution in [0.25, 0.3) is 0 Å². The van der Waals surface area contributed by atoms with Crippen LogP contribution in [0.2, 0.25) is 0 Å². The van der Waals surface area contributed by atoms with E-state index in [1.54, 1.807) is 31.4 Å². The highest BCUT2D eigenvalue weighted by atomic mass is 79.9. The monoisotopic (exact) mass is 556 g/mol. The number of nitrogens with one attached hydrogen (secondary N) is 1. The second-order valence-corrected chi connectivity index (χ2v) is 9.96. The Morgan fingerprint density at radius 3 is 2.16 bits per heavy atom. The molecule has 2 atom stereocenters. The number of amides is 1. The number of methoxy groups -OCH3 is 1. The molecule has 0 saturated heterocycles. The molecular weight excluding hydrogens is 532 g/mol. The van der Waals surface area contributed by atoms with Crippen molar-refractivity contribution in [2.24, 2.45) is 5.73 Å². The largest absolute Gasteiger partial charge is 0.497 e. The Kier molecular flexibility index (Phi) is 7.33. The maximum Gasteiger partial charge on any atom is 0.251 e. The number of benzene rings is 3. The van der Waals surface area contributed by atoms with Crippen LogP contribution in [0.15, 0.2) is 69.6 Å². The summed E-state index contributed by atoms with van der Waals surface area (Å²) in [5, 5.41) is 3.11. The quantitative estimate of drug-likeness (QED) is 0.399. The molecule has 2 aliphatic rings. The predicted molar refractivity (Wildman–Crippen MR) is 135 cm³/mol. The lowest BCUT2D eigenvalue weighted by Crippen LogP contribution is -2.27. The summed E-state index contributed by atoms with van der Waals surface area (Å²) in [6.45, 7) is 0. The second kappa shape index (κ2) is 10.2. The zero-order valence-electron chi connectivity index (χ0n) is 17.9. The topological polar surface area (TPSA) is 64.3 Å². The Hall–Kier alpha value is -2.15. The van der Waals surface area contributed by atoms with Crippen molar-refractivity contribution in [1.82, 2.24) is 5.32 Å². The van der Waals surface area contributed by atoms with Gasteiger partial charge in [-0.2, -0.15) is 0 Å². The average Bonchev–Trinajstić information content (AvgIpc) is 3.36. The number of fused-ring (bicyclic) bond motifs is 2. The van der Waals surface area contributed by atoms with Gasteiger partial charge in [0.2, 0.25) is 0 Å². The van der Waals surface area contributed by atoms with Crippen molar-refractivity contribution in [3.63, 3.8) is 0 Å². The molecule has 0 aliphatic heterocycles. The average molecular weight is 558 g/mol. The summed E-state index contributed by atoms with van der Waals surface area (Å²) in [5.74, 6) is 0.709. The van der Waals surface area contributed by atoms with Crippen molar-refractivity contribution in [2.75, 3.05) is 7.11 Å². The third kappa shape index (κ3) is 5.25. The maximum atomic E-state index is 12.3. The van der Waals surface area contributed by atoms with Crippen LogP contribution in [0.4, 0.5) is 0 Å². The van der Waals surface area contributed by atoms with Gasteiger partial charge in [-0.1, -0.05) is 44.0 Å². The molecule has 0 saturated carbocycles. The summed E-state index contributed by atoms with van der Waals surface area (Å²) in [7, 11) is 1.61. The first kappa shape index (κ1) is 23.0. The Labute approximate surface area is 205 Å². The van der Waals surface area contributed by atoms with E-state index in [2.05, 4.69) is 67.5 Å². The van der Waals surface area contributed by atoms with Crippen LogP contribution in [0.3, 0.4) is 0 Å². The van der Waals surface area contributed by atoms with Gasteiger partial charge in [-0.3, -0.25) is 4.79 Å². The third-order valence-corrected chi connectivity index (χ3v) is 7.06. The Bertz CT molecular complexity index is 1120. The highest BCUT2D eigenvalue weighted by Gasteiger charge is 2.24. The van der Waals surface area contributed by atoms with Crippen LogP contribution in [-0.2, 0) is 12.8 Å². The number of rotatable bonds is 3. The van der Waals surface area contributed by atoms with E-state index in [4.69, 9.17) is 10.5 Å². The van der Waals surface area contributed by atoms with Crippen LogP contribution in [-0.4, -0.2) is 13.0 Å². The summed E-state index contributed by atoms with van der Waals surface area (Å²) >= 11 is 6.93. The minimum atomic E-state index is -0.0431. The summed E-state index contributed by atoms with van der Waals surface area (Å²) in [6, 6.07) is 20.1. The van der Waals surface area contributed by atoms with Gasteiger partial charge in [-0.15, -0.1) is 0 Å². The van der Waals surface area contributed by atoms with E-state index in [1.807, 2.05) is 6.07 Å². The summed E-state index contributed by atoms with van der Waals surface area (Å²) < 4.78 is 7.35. The van der Waals surface area contributed by atoms with Gasteiger partial charge in [0, 0.05) is 20.6 Å². The molecule has 4 nitrogen and oxygen atoms in total. The Balaban J connectivity index is 0.000000186. The third-order valence-electron chi connectivity index (χ3n) is 6.07. The van der Waals surface area contributed by atoms with Crippen LogP contribution in [0, 0.1) is 0 Å². The molecule has 2 unspecified atom stereocenters. The second-order valence-electron chi connectivity index (χ2n) is 8.12. The number of carbonyl (C=O) groups is 1. The van der Waals surface area contributed by atoms with Crippen molar-refractivity contribution in [3.8, 4) is 5.75 Å². The van der Waals surface area contributed by atoms with Crippen LogP contribution in [0.1, 0.15) is 57.5 Å². The fourth-order valence-electron chi connectivity index (χ4n) is 4.34. The highest BCUT2D eigenvalue weighted by Crippen LogP contribution is 2.33. The molecule has 6 heteroatoms. The SMILES string of the molecule is COc1ccc(C(=O)NC2CCc3cc(Br)ccc32)cc1.NC1CCc2cc(Br)ccc21. The fourth-order valence-corrected chi connectivity index (χ4v) is 5.16. The zero-order valence-corrected chi connectivity index (χ0v) is 21.1. The molecule has 2 aliphatic carbocycles. The molecule has 0 heterocycles. The van der Waals surface area contributed by atoms with E-state index < -0.39 is 0 Å². The van der Waals surface area contributed by atoms with Gasteiger partial charge in [-0.25, -0.2) is 0 Å². The first-order chi connectivity index (χ1) is 15.4. The summed E-state index contributed by atoms with van der Waals surface area (Å²) in [6.07, 6.45) is 4.19. The van der Waals surface area contributed by atoms with Gasteiger partial charge < -0.3 is 15.8 Å². The van der Waals surface area contributed by atoms with Crippen LogP contribution >= 0.6 is 31.9 Å². The normalized spacial score (nSPS) is 18.2. The molecule has 0 spiro atoms. The minimum absolute atomic E-state index is 0.0431. The molecular formula is C26H26Br2N2O2. The van der Waals surface area contributed by atoms with E-state index in [9.17, 15) is 4.79 Å². The van der Waals surface area contributed by atoms with Crippen LogP contribution < -0.4 is 15.8 Å². The van der Waals surface area contributed by atoms with E-state index in [-0.39, 0.29) is 18.0 Å². The number of aryl methyl sites for hydroxylation is 2. The molecule has 0 fully saturated rings. The first-order valence-corrected chi connectivity index (χ1v) is 12.3. The van der Waals surface area contributed by atoms with Gasteiger partial charge in [0.25, 0.3) is 5.91 Å². The number of ether oxygens (including phenoxy) is 1. The smallest absolute Gasteiger partial charge is 0.251 e. The van der Waals surface area contributed by atoms with E-state index in [1.165, 1.54) is 22.3 Å². The van der Waals surface area contributed by atoms with Crippen molar-refractivity contribution in [1.29, 1.82) is 0 Å². The fraction of sp³-hybridized carbons (Fsp3) is 0.269. The van der Waals surface area contributed by atoms with E-state index >= 15 is 0 Å². The number of carbonyl (C=O) groups excluding carboxylic acids is 1. The molecule has 3 aromatic rings. The van der Waals surface area contributed by atoms with Crippen LogP contribution in [0.5, 0.6) is 5.75 Å². The van der Waals surface area contributed by atoms with Crippen molar-refractivity contribution < 1.29 is 9.53 Å². The molecule has 166 valence electrons. The van der Waals surface area contributed by atoms with Gasteiger partial charge in [0.1, 0.15) is 5.75 Å². The molecule has 1 amide bonds. The summed E-state index contributed by atoms with van der Waals surface area (Å²) in [5.41, 5.74) is 11.8. The molecule has 0 bridgehead atoms. The predicted octanol–water partition coefficient (Wildman–Crippen LogP) is 6.27. The molecule has 3 aromatic carbocycles. The minimum Gasteiger partial charge on any atom is -0.497 e. The van der Waals surface area contributed by atoms with Crippen molar-refractivity contribution in [2.45, 2.75) is 37.8 Å². The molecule has 0 radical (unpaired) electrons. The van der Waals surface area contributed by atoms with Gasteiger partial charge in [0.15, 0.2) is 0 Å². The number of hydrogen-bond acceptors (Lipinski definition) is 3. The lowest BCUT2D eigenvalue weighted by atomic mass is 10.1. The maximum absolute atomic E-state index is 12.3. The molecule has 5 rings (SSSR count). The Morgan fingerprint density at radius 1 is 0.906 bits per heavy atom. The van der Waals surface area contributed by atoms with E-state index in [0.29, 0.717) is 5.56 Å². The van der Waals surface area contributed by atoms with Crippen molar-refractivity contribution in [3.05, 3.63) is 97.4 Å². The Morgan fingerprint density at radius 2 is 1.50 bits per heavy atom. The van der Waals surface area contributed by atoms with Gasteiger partial charge in [-0.05, 0) is 96.5 Å². The zero-order chi connectivity index (χ0) is 22.7. The molecule has 0 aromatic heterocycles. The van der Waals surface area contributed by atoms with Crippen molar-refractivity contribution >= 4 is 37.8 Å². The van der Waals surface area contributed by atoms with E-state index in [0.717, 1.165) is 40.4 Å². The number of halogens is 2. The number of nitrogens with two attached hydrogens (primary N) is 1. The number of hydrogen-bond donors (Lipinski definition) is 2. The summed E-state index contributed by atoms with van der Waals surface area (Å²) in [4.78, 5) is 12.3. The molecule has 3 N–H and O–H groups in total.